The molecular weight excluding hydrogens is 268 g/mol. The van der Waals surface area contributed by atoms with E-state index in [2.05, 4.69) is 15.9 Å². The largest absolute Gasteiger partial charge is 0.324 e. The normalized spacial score (nSPS) is 17.4. The molecule has 0 bridgehead atoms. The monoisotopic (exact) mass is 279 g/mol. The molecule has 1 aromatic rings. The van der Waals surface area contributed by atoms with E-state index in [1.54, 1.807) is 6.07 Å². The third-order valence-corrected chi connectivity index (χ3v) is 3.14. The lowest BCUT2D eigenvalue weighted by Crippen LogP contribution is -2.12. The SMILES string of the molecule is Cl.N[C@@H](c1ccc(F)cc1Br)C1CC1. The van der Waals surface area contributed by atoms with Crippen molar-refractivity contribution in [2.75, 3.05) is 0 Å². The van der Waals surface area contributed by atoms with Crippen LogP contribution in [0.2, 0.25) is 0 Å². The average molecular weight is 281 g/mol. The molecule has 4 heteroatoms. The van der Waals surface area contributed by atoms with Crippen molar-refractivity contribution in [3.8, 4) is 0 Å². The number of halogens is 3. The van der Waals surface area contributed by atoms with E-state index in [0.717, 1.165) is 10.0 Å². The lowest BCUT2D eigenvalue weighted by molar-refractivity contribution is 0.610. The number of rotatable bonds is 2. The Labute approximate surface area is 97.4 Å². The van der Waals surface area contributed by atoms with Gasteiger partial charge in [-0.3, -0.25) is 0 Å². The van der Waals surface area contributed by atoms with Gasteiger partial charge in [0.1, 0.15) is 5.82 Å². The summed E-state index contributed by atoms with van der Waals surface area (Å²) in [6, 6.07) is 4.76. The number of benzene rings is 1. The van der Waals surface area contributed by atoms with Gasteiger partial charge in [-0.2, -0.15) is 0 Å². The summed E-state index contributed by atoms with van der Waals surface area (Å²) >= 11 is 3.32. The summed E-state index contributed by atoms with van der Waals surface area (Å²) in [5, 5.41) is 0. The number of nitrogens with two attached hydrogens (primary N) is 1. The van der Waals surface area contributed by atoms with Crippen LogP contribution < -0.4 is 5.73 Å². The lowest BCUT2D eigenvalue weighted by atomic mass is 10.0. The van der Waals surface area contributed by atoms with Crippen molar-refractivity contribution in [1.82, 2.24) is 0 Å². The van der Waals surface area contributed by atoms with Crippen molar-refractivity contribution < 1.29 is 4.39 Å². The third-order valence-electron chi connectivity index (χ3n) is 2.45. The Morgan fingerprint density at radius 3 is 2.57 bits per heavy atom. The van der Waals surface area contributed by atoms with E-state index in [1.165, 1.54) is 25.0 Å². The lowest BCUT2D eigenvalue weighted by Gasteiger charge is -2.12. The second-order valence-corrected chi connectivity index (χ2v) is 4.38. The minimum absolute atomic E-state index is 0. The molecular formula is C10H12BrClFN. The van der Waals surface area contributed by atoms with Crippen LogP contribution in [0.5, 0.6) is 0 Å². The molecule has 0 aliphatic heterocycles. The average Bonchev–Trinajstić information content (AvgIpc) is 2.85. The van der Waals surface area contributed by atoms with Gasteiger partial charge < -0.3 is 5.73 Å². The van der Waals surface area contributed by atoms with Gasteiger partial charge in [0, 0.05) is 10.5 Å². The first-order chi connectivity index (χ1) is 6.18. The first-order valence-corrected chi connectivity index (χ1v) is 5.18. The molecule has 1 aromatic carbocycles. The van der Waals surface area contributed by atoms with E-state index in [9.17, 15) is 4.39 Å². The van der Waals surface area contributed by atoms with Gasteiger partial charge in [-0.15, -0.1) is 12.4 Å². The van der Waals surface area contributed by atoms with Crippen LogP contribution >= 0.6 is 28.3 Å². The highest BCUT2D eigenvalue weighted by Crippen LogP contribution is 2.41. The minimum Gasteiger partial charge on any atom is -0.324 e. The summed E-state index contributed by atoms with van der Waals surface area (Å²) in [7, 11) is 0. The van der Waals surface area contributed by atoms with E-state index < -0.39 is 0 Å². The molecule has 0 saturated heterocycles. The highest BCUT2D eigenvalue weighted by Gasteiger charge is 2.30. The number of hydrogen-bond donors (Lipinski definition) is 1. The molecule has 2 N–H and O–H groups in total. The predicted molar refractivity (Wildman–Crippen MR) is 61.0 cm³/mol. The van der Waals surface area contributed by atoms with E-state index in [0.29, 0.717) is 5.92 Å². The summed E-state index contributed by atoms with van der Waals surface area (Å²) in [6.45, 7) is 0. The topological polar surface area (TPSA) is 26.0 Å². The molecule has 1 nitrogen and oxygen atoms in total. The smallest absolute Gasteiger partial charge is 0.124 e. The van der Waals surface area contributed by atoms with Gasteiger partial charge in [0.05, 0.1) is 0 Å². The standard InChI is InChI=1S/C10H11BrFN.ClH/c11-9-5-7(12)3-4-8(9)10(13)6-1-2-6;/h3-6,10H,1-2,13H2;1H/t10-;/m1./s1. The fourth-order valence-electron chi connectivity index (χ4n) is 1.48. The van der Waals surface area contributed by atoms with Crippen LogP contribution in [0.4, 0.5) is 4.39 Å². The van der Waals surface area contributed by atoms with Crippen LogP contribution in [-0.2, 0) is 0 Å². The quantitative estimate of drug-likeness (QED) is 0.882. The van der Waals surface area contributed by atoms with E-state index in [-0.39, 0.29) is 24.3 Å². The molecule has 2 rings (SSSR count). The molecule has 0 amide bonds. The Morgan fingerprint density at radius 1 is 1.43 bits per heavy atom. The fraction of sp³-hybridized carbons (Fsp3) is 0.400. The van der Waals surface area contributed by atoms with Gasteiger partial charge in [0.25, 0.3) is 0 Å². The van der Waals surface area contributed by atoms with Gasteiger partial charge in [0.2, 0.25) is 0 Å². The van der Waals surface area contributed by atoms with E-state index >= 15 is 0 Å². The van der Waals surface area contributed by atoms with Gasteiger partial charge in [-0.05, 0) is 36.5 Å². The maximum Gasteiger partial charge on any atom is 0.124 e. The van der Waals surface area contributed by atoms with Crippen LogP contribution in [0.25, 0.3) is 0 Å². The summed E-state index contributed by atoms with van der Waals surface area (Å²) in [6.07, 6.45) is 2.40. The number of hydrogen-bond acceptors (Lipinski definition) is 1. The third kappa shape index (κ3) is 2.47. The highest BCUT2D eigenvalue weighted by atomic mass is 79.9. The molecule has 0 radical (unpaired) electrons. The Balaban J connectivity index is 0.000000980. The van der Waals surface area contributed by atoms with Gasteiger partial charge >= 0.3 is 0 Å². The van der Waals surface area contributed by atoms with Gasteiger partial charge in [-0.25, -0.2) is 4.39 Å². The first-order valence-electron chi connectivity index (χ1n) is 4.39. The van der Waals surface area contributed by atoms with E-state index in [1.807, 2.05) is 0 Å². The molecule has 0 aromatic heterocycles. The second kappa shape index (κ2) is 4.60. The molecule has 1 saturated carbocycles. The maximum atomic E-state index is 12.8. The van der Waals surface area contributed by atoms with Crippen molar-refractivity contribution in [3.05, 3.63) is 34.1 Å². The van der Waals surface area contributed by atoms with Crippen LogP contribution in [0.3, 0.4) is 0 Å². The predicted octanol–water partition coefficient (Wildman–Crippen LogP) is 3.42. The molecule has 14 heavy (non-hydrogen) atoms. The van der Waals surface area contributed by atoms with Crippen molar-refractivity contribution in [3.63, 3.8) is 0 Å². The van der Waals surface area contributed by atoms with Crippen molar-refractivity contribution in [2.45, 2.75) is 18.9 Å². The molecule has 0 heterocycles. The van der Waals surface area contributed by atoms with Crippen molar-refractivity contribution in [1.29, 1.82) is 0 Å². The summed E-state index contributed by atoms with van der Waals surface area (Å²) in [5.74, 6) is 0.375. The maximum absolute atomic E-state index is 12.8. The van der Waals surface area contributed by atoms with Crippen LogP contribution in [-0.4, -0.2) is 0 Å². The minimum atomic E-state index is -0.223. The Hall–Kier alpha value is -0.120. The Morgan fingerprint density at radius 2 is 2.07 bits per heavy atom. The molecule has 1 aliphatic carbocycles. The zero-order valence-electron chi connectivity index (χ0n) is 7.54. The van der Waals surface area contributed by atoms with Crippen molar-refractivity contribution >= 4 is 28.3 Å². The zero-order chi connectivity index (χ0) is 9.42. The molecule has 1 atom stereocenters. The molecule has 0 spiro atoms. The Bertz CT molecular complexity index is 328. The first kappa shape index (κ1) is 12.0. The summed E-state index contributed by atoms with van der Waals surface area (Å²) < 4.78 is 13.5. The van der Waals surface area contributed by atoms with Crippen LogP contribution in [0.15, 0.2) is 22.7 Å². The molecule has 1 aliphatic rings. The summed E-state index contributed by atoms with van der Waals surface area (Å²) in [5.41, 5.74) is 7.02. The van der Waals surface area contributed by atoms with Crippen molar-refractivity contribution in [2.24, 2.45) is 11.7 Å². The molecule has 0 unspecified atom stereocenters. The molecule has 78 valence electrons. The van der Waals surface area contributed by atoms with E-state index in [4.69, 9.17) is 5.73 Å². The second-order valence-electron chi connectivity index (χ2n) is 3.53. The fourth-order valence-corrected chi connectivity index (χ4v) is 2.10. The highest BCUT2D eigenvalue weighted by molar-refractivity contribution is 9.10. The van der Waals surface area contributed by atoms with Crippen LogP contribution in [0.1, 0.15) is 24.4 Å². The van der Waals surface area contributed by atoms with Gasteiger partial charge in [0.15, 0.2) is 0 Å². The van der Waals surface area contributed by atoms with Gasteiger partial charge in [-0.1, -0.05) is 22.0 Å². The summed E-state index contributed by atoms with van der Waals surface area (Å²) in [4.78, 5) is 0. The Kier molecular flexibility index (Phi) is 3.93. The van der Waals surface area contributed by atoms with Crippen LogP contribution in [0, 0.1) is 11.7 Å². The zero-order valence-corrected chi connectivity index (χ0v) is 9.94. The molecule has 1 fully saturated rings.